The van der Waals surface area contributed by atoms with E-state index in [1.807, 2.05) is 63.2 Å². The number of H-pyrrole nitrogens is 1. The molecule has 1 atom stereocenters. The highest BCUT2D eigenvalue weighted by Gasteiger charge is 2.36. The average molecular weight is 422 g/mol. The topological polar surface area (TPSA) is 113 Å². The third-order valence-electron chi connectivity index (χ3n) is 5.15. The Kier molecular flexibility index (Phi) is 5.31. The van der Waals surface area contributed by atoms with E-state index in [9.17, 15) is 9.59 Å². The number of para-hydroxylation sites is 1. The molecule has 1 aliphatic heterocycles. The first-order chi connectivity index (χ1) is 14.7. The van der Waals surface area contributed by atoms with Gasteiger partial charge >= 0.3 is 6.09 Å². The van der Waals surface area contributed by atoms with Crippen molar-refractivity contribution in [3.05, 3.63) is 42.5 Å². The molecular weight excluding hydrogens is 394 g/mol. The number of nitrogens with two attached hydrogens (primary N) is 1. The van der Waals surface area contributed by atoms with E-state index in [-0.39, 0.29) is 5.91 Å². The lowest BCUT2D eigenvalue weighted by molar-refractivity contribution is -0.120. The molecule has 8 heteroatoms. The number of fused-ring (bicyclic) bond motifs is 1. The minimum Gasteiger partial charge on any atom is -0.444 e. The van der Waals surface area contributed by atoms with Crippen LogP contribution in [0, 0.1) is 0 Å². The van der Waals surface area contributed by atoms with Gasteiger partial charge in [0.1, 0.15) is 23.0 Å². The highest BCUT2D eigenvalue weighted by molar-refractivity contribution is 5.97. The highest BCUT2D eigenvalue weighted by Crippen LogP contribution is 2.26. The molecule has 0 bridgehead atoms. The first-order valence-electron chi connectivity index (χ1n) is 10.4. The number of carbonyl (C=O) groups excluding carboxylic acids is 2. The van der Waals surface area contributed by atoms with Gasteiger partial charge in [-0.3, -0.25) is 9.69 Å². The molecule has 0 aliphatic carbocycles. The van der Waals surface area contributed by atoms with Crippen molar-refractivity contribution in [1.29, 1.82) is 0 Å². The van der Waals surface area contributed by atoms with Crippen molar-refractivity contribution in [2.75, 3.05) is 17.6 Å². The van der Waals surface area contributed by atoms with Crippen LogP contribution < -0.4 is 11.1 Å². The summed E-state index contributed by atoms with van der Waals surface area (Å²) >= 11 is 0. The first-order valence-corrected chi connectivity index (χ1v) is 10.4. The van der Waals surface area contributed by atoms with Crippen molar-refractivity contribution < 1.29 is 14.3 Å². The number of ether oxygens (including phenoxy) is 1. The maximum absolute atomic E-state index is 12.8. The van der Waals surface area contributed by atoms with Crippen LogP contribution in [0.3, 0.4) is 0 Å². The van der Waals surface area contributed by atoms with E-state index in [0.29, 0.717) is 30.2 Å². The fourth-order valence-corrected chi connectivity index (χ4v) is 3.71. The monoisotopic (exact) mass is 421 g/mol. The van der Waals surface area contributed by atoms with E-state index in [0.717, 1.165) is 23.0 Å². The Morgan fingerprint density at radius 1 is 1.19 bits per heavy atom. The molecule has 4 N–H and O–H groups in total. The van der Waals surface area contributed by atoms with Crippen LogP contribution in [0.5, 0.6) is 0 Å². The van der Waals surface area contributed by atoms with Gasteiger partial charge in [0.15, 0.2) is 0 Å². The molecule has 2 heterocycles. The lowest BCUT2D eigenvalue weighted by Gasteiger charge is -2.28. The number of benzene rings is 2. The van der Waals surface area contributed by atoms with Crippen molar-refractivity contribution in [3.8, 4) is 11.4 Å². The van der Waals surface area contributed by atoms with Crippen LogP contribution in [0.2, 0.25) is 0 Å². The molecule has 8 nitrogen and oxygen atoms in total. The van der Waals surface area contributed by atoms with Crippen LogP contribution in [0.15, 0.2) is 42.5 Å². The predicted octanol–water partition coefficient (Wildman–Crippen LogP) is 4.15. The molecule has 2 amide bonds. The zero-order chi connectivity index (χ0) is 22.2. The van der Waals surface area contributed by atoms with Gasteiger partial charge in [-0.2, -0.15) is 0 Å². The summed E-state index contributed by atoms with van der Waals surface area (Å²) in [7, 11) is 0. The van der Waals surface area contributed by atoms with Gasteiger partial charge in [0, 0.05) is 17.8 Å². The summed E-state index contributed by atoms with van der Waals surface area (Å²) in [5, 5.41) is 2.91. The molecule has 4 rings (SSSR count). The molecule has 0 spiro atoms. The second kappa shape index (κ2) is 7.94. The molecule has 0 unspecified atom stereocenters. The van der Waals surface area contributed by atoms with Crippen LogP contribution in [0.25, 0.3) is 22.4 Å². The smallest absolute Gasteiger partial charge is 0.410 e. The quantitative estimate of drug-likeness (QED) is 0.550. The fourth-order valence-electron chi connectivity index (χ4n) is 3.71. The Morgan fingerprint density at radius 3 is 2.61 bits per heavy atom. The summed E-state index contributed by atoms with van der Waals surface area (Å²) in [6.45, 7) is 5.96. The van der Waals surface area contributed by atoms with Crippen molar-refractivity contribution in [2.24, 2.45) is 0 Å². The number of hydrogen-bond acceptors (Lipinski definition) is 5. The maximum Gasteiger partial charge on any atom is 0.410 e. The van der Waals surface area contributed by atoms with E-state index >= 15 is 0 Å². The van der Waals surface area contributed by atoms with Crippen molar-refractivity contribution in [3.63, 3.8) is 0 Å². The number of imidazole rings is 1. The number of anilines is 2. The Balaban J connectivity index is 1.45. The maximum atomic E-state index is 12.8. The van der Waals surface area contributed by atoms with Crippen molar-refractivity contribution >= 4 is 34.4 Å². The zero-order valence-electron chi connectivity index (χ0n) is 17.9. The van der Waals surface area contributed by atoms with Gasteiger partial charge < -0.3 is 20.8 Å². The molecule has 1 aromatic heterocycles. The molecular formula is C23H27N5O3. The number of nitrogens with one attached hydrogen (secondary N) is 2. The number of hydrogen-bond donors (Lipinski definition) is 3. The van der Waals surface area contributed by atoms with E-state index in [2.05, 4.69) is 15.3 Å². The number of rotatable bonds is 3. The number of aromatic nitrogens is 2. The van der Waals surface area contributed by atoms with Crippen LogP contribution in [-0.2, 0) is 9.53 Å². The summed E-state index contributed by atoms with van der Waals surface area (Å²) in [6.07, 6.45) is 0.930. The number of aromatic amines is 1. The van der Waals surface area contributed by atoms with Gasteiger partial charge in [-0.1, -0.05) is 6.07 Å². The third-order valence-corrected chi connectivity index (χ3v) is 5.15. The number of nitrogens with zero attached hydrogens (tertiary/aromatic N) is 2. The predicted molar refractivity (Wildman–Crippen MR) is 121 cm³/mol. The summed E-state index contributed by atoms with van der Waals surface area (Å²) in [4.78, 5) is 34.6. The van der Waals surface area contributed by atoms with Gasteiger partial charge in [-0.15, -0.1) is 0 Å². The van der Waals surface area contributed by atoms with Gasteiger partial charge in [0.2, 0.25) is 5.91 Å². The van der Waals surface area contributed by atoms with E-state index in [1.54, 1.807) is 0 Å². The summed E-state index contributed by atoms with van der Waals surface area (Å²) in [6, 6.07) is 12.5. The van der Waals surface area contributed by atoms with E-state index in [1.165, 1.54) is 4.90 Å². The van der Waals surface area contributed by atoms with Gasteiger partial charge in [0.25, 0.3) is 0 Å². The number of amides is 2. The number of carbonyl (C=O) groups is 2. The van der Waals surface area contributed by atoms with Crippen molar-refractivity contribution in [1.82, 2.24) is 14.9 Å². The molecule has 0 saturated carbocycles. The largest absolute Gasteiger partial charge is 0.444 e. The minimum absolute atomic E-state index is 0.215. The molecule has 1 saturated heterocycles. The number of likely N-dealkylation sites (tertiary alicyclic amines) is 1. The Labute approximate surface area is 180 Å². The summed E-state index contributed by atoms with van der Waals surface area (Å²) in [5.41, 5.74) is 9.15. The van der Waals surface area contributed by atoms with Crippen LogP contribution >= 0.6 is 0 Å². The normalized spacial score (nSPS) is 16.5. The molecule has 1 fully saturated rings. The Hall–Kier alpha value is -3.55. The van der Waals surface area contributed by atoms with Gasteiger partial charge in [-0.25, -0.2) is 9.78 Å². The molecule has 1 aliphatic rings. The van der Waals surface area contributed by atoms with Gasteiger partial charge in [0.05, 0.1) is 11.2 Å². The Morgan fingerprint density at radius 2 is 1.94 bits per heavy atom. The molecule has 3 aromatic rings. The second-order valence-corrected chi connectivity index (χ2v) is 8.73. The third kappa shape index (κ3) is 4.47. The SMILES string of the molecule is CC(C)(C)OC(=O)N1CCC[C@H]1C(=O)Nc1ccc(-c2nc3c(N)cccc3[nH]2)cc1. The molecule has 31 heavy (non-hydrogen) atoms. The van der Waals surface area contributed by atoms with E-state index < -0.39 is 17.7 Å². The molecule has 162 valence electrons. The number of nitrogen functional groups attached to an aromatic ring is 1. The Bertz CT molecular complexity index is 1110. The summed E-state index contributed by atoms with van der Waals surface area (Å²) in [5.74, 6) is 0.491. The fraction of sp³-hybridized carbons (Fsp3) is 0.348. The first kappa shape index (κ1) is 20.7. The average Bonchev–Trinajstić information content (AvgIpc) is 3.35. The summed E-state index contributed by atoms with van der Waals surface area (Å²) < 4.78 is 5.44. The minimum atomic E-state index is -0.599. The van der Waals surface area contributed by atoms with Crippen molar-refractivity contribution in [2.45, 2.75) is 45.3 Å². The lowest BCUT2D eigenvalue weighted by atomic mass is 10.1. The molecule has 2 aromatic carbocycles. The highest BCUT2D eigenvalue weighted by atomic mass is 16.6. The molecule has 0 radical (unpaired) electrons. The second-order valence-electron chi connectivity index (χ2n) is 8.73. The lowest BCUT2D eigenvalue weighted by Crippen LogP contribution is -2.45. The van der Waals surface area contributed by atoms with E-state index in [4.69, 9.17) is 10.5 Å². The van der Waals surface area contributed by atoms with Crippen LogP contribution in [0.1, 0.15) is 33.6 Å². The van der Waals surface area contributed by atoms with Crippen LogP contribution in [-0.4, -0.2) is 45.1 Å². The van der Waals surface area contributed by atoms with Crippen LogP contribution in [0.4, 0.5) is 16.2 Å². The van der Waals surface area contributed by atoms with Gasteiger partial charge in [-0.05, 0) is 70.0 Å². The zero-order valence-corrected chi connectivity index (χ0v) is 17.9. The standard InChI is InChI=1S/C23H27N5O3/c1-23(2,3)31-22(30)28-13-5-8-18(28)21(29)25-15-11-9-14(10-12-15)20-26-17-7-4-6-16(24)19(17)27-20/h4,6-7,9-12,18H,5,8,13,24H2,1-3H3,(H,25,29)(H,26,27)/t18-/m0/s1.